The zero-order chi connectivity index (χ0) is 23.1. The number of carbonyl (C=O) groups excluding carboxylic acids is 2. The summed E-state index contributed by atoms with van der Waals surface area (Å²) in [7, 11) is 0. The Morgan fingerprint density at radius 3 is 2.38 bits per heavy atom. The quantitative estimate of drug-likeness (QED) is 0.538. The first-order chi connectivity index (χ1) is 15.3. The van der Waals surface area contributed by atoms with Gasteiger partial charge in [0, 0.05) is 30.1 Å². The van der Waals surface area contributed by atoms with Crippen molar-refractivity contribution in [2.75, 3.05) is 6.54 Å². The summed E-state index contributed by atoms with van der Waals surface area (Å²) in [5.41, 5.74) is 9.36. The number of primary amides is 1. The Hall–Kier alpha value is -3.74. The van der Waals surface area contributed by atoms with E-state index < -0.39 is 11.8 Å². The highest BCUT2D eigenvalue weighted by Crippen LogP contribution is 2.26. The first-order valence-corrected chi connectivity index (χ1v) is 10.3. The number of aromatic nitrogens is 1. The van der Waals surface area contributed by atoms with Crippen LogP contribution in [0.1, 0.15) is 32.6 Å². The summed E-state index contributed by atoms with van der Waals surface area (Å²) in [6.07, 6.45) is 3.76. The van der Waals surface area contributed by atoms with Gasteiger partial charge in [-0.05, 0) is 67.3 Å². The van der Waals surface area contributed by atoms with Crippen molar-refractivity contribution in [3.8, 4) is 5.75 Å². The zero-order valence-electron chi connectivity index (χ0n) is 18.1. The SMILES string of the molecule is Cc1cc(C(=O)NCC(Cc2ccc(F)cc2)C(N)=O)cc(C)c1OCc1cccnc1. The lowest BCUT2D eigenvalue weighted by atomic mass is 9.98. The van der Waals surface area contributed by atoms with Gasteiger partial charge in [0.2, 0.25) is 5.91 Å². The van der Waals surface area contributed by atoms with Crippen LogP contribution in [0.15, 0.2) is 60.9 Å². The maximum absolute atomic E-state index is 13.1. The topological polar surface area (TPSA) is 94.3 Å². The lowest BCUT2D eigenvalue weighted by Gasteiger charge is -2.16. The Kier molecular flexibility index (Phi) is 7.54. The highest BCUT2D eigenvalue weighted by molar-refractivity contribution is 5.95. The zero-order valence-corrected chi connectivity index (χ0v) is 18.1. The van der Waals surface area contributed by atoms with Crippen LogP contribution in [0.3, 0.4) is 0 Å². The van der Waals surface area contributed by atoms with Gasteiger partial charge in [0.05, 0.1) is 5.92 Å². The van der Waals surface area contributed by atoms with Gasteiger partial charge in [-0.15, -0.1) is 0 Å². The number of halogens is 1. The number of rotatable bonds is 9. The number of hydrogen-bond donors (Lipinski definition) is 2. The molecule has 0 bridgehead atoms. The van der Waals surface area contributed by atoms with Gasteiger partial charge in [0.1, 0.15) is 18.2 Å². The van der Waals surface area contributed by atoms with Crippen molar-refractivity contribution in [3.63, 3.8) is 0 Å². The minimum Gasteiger partial charge on any atom is -0.488 e. The fraction of sp³-hybridized carbons (Fsp3) is 0.240. The van der Waals surface area contributed by atoms with Gasteiger partial charge in [0.15, 0.2) is 0 Å². The van der Waals surface area contributed by atoms with E-state index >= 15 is 0 Å². The molecule has 1 unspecified atom stereocenters. The first-order valence-electron chi connectivity index (χ1n) is 10.3. The second kappa shape index (κ2) is 10.5. The molecule has 0 aliphatic rings. The molecule has 2 aromatic carbocycles. The maximum Gasteiger partial charge on any atom is 0.251 e. The Morgan fingerprint density at radius 1 is 1.09 bits per heavy atom. The van der Waals surface area contributed by atoms with Gasteiger partial charge in [-0.25, -0.2) is 4.39 Å². The van der Waals surface area contributed by atoms with Gasteiger partial charge < -0.3 is 15.8 Å². The minimum absolute atomic E-state index is 0.0862. The summed E-state index contributed by atoms with van der Waals surface area (Å²) >= 11 is 0. The maximum atomic E-state index is 13.1. The van der Waals surface area contributed by atoms with Gasteiger partial charge in [-0.3, -0.25) is 14.6 Å². The molecule has 0 aliphatic carbocycles. The average Bonchev–Trinajstić information content (AvgIpc) is 2.77. The Balaban J connectivity index is 1.63. The van der Waals surface area contributed by atoms with E-state index in [1.54, 1.807) is 36.7 Å². The standard InChI is InChI=1S/C25H26FN3O3/c1-16-10-20(11-17(2)23(16)32-15-19-4-3-9-28-13-19)25(31)29-14-21(24(27)30)12-18-5-7-22(26)8-6-18/h3-11,13,21H,12,14-15H2,1-2H3,(H2,27,30)(H,29,31). The molecule has 0 fully saturated rings. The lowest BCUT2D eigenvalue weighted by Crippen LogP contribution is -2.37. The van der Waals surface area contributed by atoms with Crippen molar-refractivity contribution in [2.24, 2.45) is 11.7 Å². The van der Waals surface area contributed by atoms with Crippen molar-refractivity contribution in [1.82, 2.24) is 10.3 Å². The van der Waals surface area contributed by atoms with Gasteiger partial charge >= 0.3 is 0 Å². The van der Waals surface area contributed by atoms with Crippen molar-refractivity contribution in [2.45, 2.75) is 26.9 Å². The largest absolute Gasteiger partial charge is 0.488 e. The number of nitrogens with zero attached hydrogens (tertiary/aromatic N) is 1. The molecule has 0 saturated heterocycles. The fourth-order valence-corrected chi connectivity index (χ4v) is 3.44. The van der Waals surface area contributed by atoms with Gasteiger partial charge in [0.25, 0.3) is 5.91 Å². The third-order valence-corrected chi connectivity index (χ3v) is 5.14. The first kappa shape index (κ1) is 22.9. The van der Waals surface area contributed by atoms with Crippen LogP contribution in [0.2, 0.25) is 0 Å². The summed E-state index contributed by atoms with van der Waals surface area (Å²) < 4.78 is 19.0. The van der Waals surface area contributed by atoms with E-state index in [1.807, 2.05) is 26.0 Å². The lowest BCUT2D eigenvalue weighted by molar-refractivity contribution is -0.121. The van der Waals surface area contributed by atoms with E-state index in [1.165, 1.54) is 12.1 Å². The molecule has 0 aliphatic heterocycles. The molecule has 1 atom stereocenters. The molecule has 2 amide bonds. The third kappa shape index (κ3) is 6.14. The molecule has 7 heteroatoms. The minimum atomic E-state index is -0.603. The molecule has 3 N–H and O–H groups in total. The molecule has 1 aromatic heterocycles. The van der Waals surface area contributed by atoms with Gasteiger partial charge in [-0.2, -0.15) is 0 Å². The molecule has 6 nitrogen and oxygen atoms in total. The van der Waals surface area contributed by atoms with Crippen LogP contribution in [0.25, 0.3) is 0 Å². The van der Waals surface area contributed by atoms with Crippen LogP contribution in [0.4, 0.5) is 4.39 Å². The van der Waals surface area contributed by atoms with Crippen LogP contribution >= 0.6 is 0 Å². The second-order valence-corrected chi connectivity index (χ2v) is 7.73. The molecule has 0 radical (unpaired) electrons. The van der Waals surface area contributed by atoms with E-state index in [0.29, 0.717) is 18.6 Å². The van der Waals surface area contributed by atoms with Crippen LogP contribution in [-0.2, 0) is 17.8 Å². The molecule has 0 spiro atoms. The molecular weight excluding hydrogens is 409 g/mol. The summed E-state index contributed by atoms with van der Waals surface area (Å²) in [5, 5.41) is 2.78. The fourth-order valence-electron chi connectivity index (χ4n) is 3.44. The molecule has 3 rings (SSSR count). The summed E-state index contributed by atoms with van der Waals surface area (Å²) in [6, 6.07) is 13.1. The normalized spacial score (nSPS) is 11.6. The van der Waals surface area contributed by atoms with Crippen molar-refractivity contribution >= 4 is 11.8 Å². The molecular formula is C25H26FN3O3. The van der Waals surface area contributed by atoms with Crippen molar-refractivity contribution < 1.29 is 18.7 Å². The van der Waals surface area contributed by atoms with E-state index in [4.69, 9.17) is 10.5 Å². The molecule has 1 heterocycles. The van der Waals surface area contributed by atoms with Crippen LogP contribution in [0, 0.1) is 25.6 Å². The number of amides is 2. The molecule has 3 aromatic rings. The molecule has 166 valence electrons. The number of nitrogens with one attached hydrogen (secondary N) is 1. The van der Waals surface area contributed by atoms with Crippen LogP contribution in [0.5, 0.6) is 5.75 Å². The number of pyridine rings is 1. The summed E-state index contributed by atoms with van der Waals surface area (Å²) in [6.45, 7) is 4.22. The van der Waals surface area contributed by atoms with E-state index in [9.17, 15) is 14.0 Å². The average molecular weight is 435 g/mol. The summed E-state index contributed by atoms with van der Waals surface area (Å²) in [5.74, 6) is -1.07. The highest BCUT2D eigenvalue weighted by Gasteiger charge is 2.19. The van der Waals surface area contributed by atoms with Crippen LogP contribution in [-0.4, -0.2) is 23.3 Å². The molecule has 0 saturated carbocycles. The predicted molar refractivity (Wildman–Crippen MR) is 120 cm³/mol. The highest BCUT2D eigenvalue weighted by atomic mass is 19.1. The number of nitrogens with two attached hydrogens (primary N) is 1. The number of benzene rings is 2. The number of ether oxygens (including phenoxy) is 1. The smallest absolute Gasteiger partial charge is 0.251 e. The van der Waals surface area contributed by atoms with Crippen molar-refractivity contribution in [1.29, 1.82) is 0 Å². The number of carbonyl (C=O) groups is 2. The Morgan fingerprint density at radius 2 is 1.78 bits per heavy atom. The van der Waals surface area contributed by atoms with E-state index in [2.05, 4.69) is 10.3 Å². The number of hydrogen-bond acceptors (Lipinski definition) is 4. The monoisotopic (exact) mass is 435 g/mol. The van der Waals surface area contributed by atoms with Crippen molar-refractivity contribution in [3.05, 3.63) is 94.6 Å². The number of aryl methyl sites for hydroxylation is 2. The third-order valence-electron chi connectivity index (χ3n) is 5.14. The van der Waals surface area contributed by atoms with E-state index in [-0.39, 0.29) is 18.3 Å². The van der Waals surface area contributed by atoms with E-state index in [0.717, 1.165) is 28.0 Å². The second-order valence-electron chi connectivity index (χ2n) is 7.73. The summed E-state index contributed by atoms with van der Waals surface area (Å²) in [4.78, 5) is 28.6. The Labute approximate surface area is 186 Å². The molecule has 32 heavy (non-hydrogen) atoms. The van der Waals surface area contributed by atoms with Crippen LogP contribution < -0.4 is 15.8 Å². The Bertz CT molecular complexity index is 1060. The van der Waals surface area contributed by atoms with Gasteiger partial charge in [-0.1, -0.05) is 18.2 Å². The predicted octanol–water partition coefficient (Wildman–Crippen LogP) is 3.49.